The summed E-state index contributed by atoms with van der Waals surface area (Å²) in [4.78, 5) is 17.5. The van der Waals surface area contributed by atoms with Crippen LogP contribution in [-0.4, -0.2) is 35.3 Å². The number of halogens is 3. The molecule has 2 aromatic heterocycles. The second-order valence-electron chi connectivity index (χ2n) is 8.69. The number of carbonyl (C=O) groups is 1. The number of sulfone groups is 1. The van der Waals surface area contributed by atoms with Crippen LogP contribution in [0.3, 0.4) is 0 Å². The molecule has 0 atom stereocenters. The van der Waals surface area contributed by atoms with Gasteiger partial charge in [0.25, 0.3) is 5.91 Å². The first kappa shape index (κ1) is 25.9. The Morgan fingerprint density at radius 1 is 0.949 bits per heavy atom. The minimum absolute atomic E-state index is 0.0111. The molecule has 0 unspecified atom stereocenters. The summed E-state index contributed by atoms with van der Waals surface area (Å²) in [6.45, 7) is 0. The van der Waals surface area contributed by atoms with Crippen molar-refractivity contribution in [2.75, 3.05) is 17.3 Å². The zero-order valence-electron chi connectivity index (χ0n) is 20.3. The average Bonchev–Trinajstić information content (AvgIpc) is 3.33. The van der Waals surface area contributed by atoms with Crippen molar-refractivity contribution in [3.8, 4) is 16.8 Å². The van der Waals surface area contributed by atoms with Gasteiger partial charge in [-0.05, 0) is 41.3 Å². The maximum Gasteiger partial charge on any atom is 0.435 e. The van der Waals surface area contributed by atoms with E-state index in [-0.39, 0.29) is 33.3 Å². The zero-order valence-corrected chi connectivity index (χ0v) is 21.1. The number of nitrogens with one attached hydrogen (secondary N) is 1. The van der Waals surface area contributed by atoms with Crippen LogP contribution in [0.25, 0.3) is 27.6 Å². The van der Waals surface area contributed by atoms with Gasteiger partial charge in [0.15, 0.2) is 15.5 Å². The zero-order chi connectivity index (χ0) is 27.9. The molecule has 0 saturated heterocycles. The Morgan fingerprint density at radius 3 is 2.36 bits per heavy atom. The molecule has 1 amide bonds. The second kappa shape index (κ2) is 9.55. The van der Waals surface area contributed by atoms with Crippen molar-refractivity contribution in [1.82, 2.24) is 14.8 Å². The number of carbonyl (C=O) groups excluding carboxylic acids is 1. The minimum atomic E-state index is -4.78. The van der Waals surface area contributed by atoms with Gasteiger partial charge in [-0.2, -0.15) is 18.3 Å². The summed E-state index contributed by atoms with van der Waals surface area (Å²) in [6.07, 6.45) is -2.22. The van der Waals surface area contributed by atoms with E-state index in [1.807, 2.05) is 0 Å². The lowest BCUT2D eigenvalue weighted by molar-refractivity contribution is -0.141. The maximum absolute atomic E-state index is 13.6. The van der Waals surface area contributed by atoms with Crippen molar-refractivity contribution in [1.29, 1.82) is 0 Å². The molecule has 0 radical (unpaired) electrons. The number of pyridine rings is 1. The SMILES string of the molecule is CS(=O)(=O)c1ccccc1-c1ccccc1C(=O)Nc1cc(C(F)(F)F)nn1-c1ccc2ccnc(N)c2c1. The standard InChI is InChI=1S/C27H20F3N5O3S/c1-39(37,38)22-9-5-4-7-19(22)18-6-2-3-8-20(18)26(36)33-24-15-23(27(28,29)30)34-35(24)17-11-10-16-12-13-32-25(31)21(16)14-17/h2-15H,1H3,(H2,31,32)(H,33,36). The third-order valence-corrected chi connectivity index (χ3v) is 7.17. The molecular weight excluding hydrogens is 531 g/mol. The van der Waals surface area contributed by atoms with Crippen molar-refractivity contribution in [2.24, 2.45) is 0 Å². The summed E-state index contributed by atoms with van der Waals surface area (Å²) in [5.41, 5.74) is 5.59. The molecule has 5 aromatic rings. The molecule has 8 nitrogen and oxygen atoms in total. The number of anilines is 2. The first-order valence-electron chi connectivity index (χ1n) is 11.5. The van der Waals surface area contributed by atoms with Crippen LogP contribution in [-0.2, 0) is 16.0 Å². The molecule has 198 valence electrons. The number of fused-ring (bicyclic) bond motifs is 1. The Labute approximate surface area is 220 Å². The van der Waals surface area contributed by atoms with Crippen LogP contribution in [0, 0.1) is 0 Å². The predicted molar refractivity (Wildman–Crippen MR) is 141 cm³/mol. The summed E-state index contributed by atoms with van der Waals surface area (Å²) in [5, 5.41) is 7.43. The number of nitrogens with two attached hydrogens (primary N) is 1. The number of nitrogen functional groups attached to an aromatic ring is 1. The molecule has 39 heavy (non-hydrogen) atoms. The highest BCUT2D eigenvalue weighted by molar-refractivity contribution is 7.90. The molecular formula is C27H20F3N5O3S. The summed E-state index contributed by atoms with van der Waals surface area (Å²) in [5.74, 6) is -0.826. The quantitative estimate of drug-likeness (QED) is 0.304. The molecule has 0 saturated carbocycles. The van der Waals surface area contributed by atoms with Gasteiger partial charge >= 0.3 is 6.18 Å². The van der Waals surface area contributed by atoms with Gasteiger partial charge in [0, 0.05) is 35.0 Å². The lowest BCUT2D eigenvalue weighted by atomic mass is 9.99. The van der Waals surface area contributed by atoms with E-state index in [1.54, 1.807) is 54.6 Å². The van der Waals surface area contributed by atoms with Crippen LogP contribution in [0.2, 0.25) is 0 Å². The normalized spacial score (nSPS) is 12.0. The number of alkyl halides is 3. The topological polar surface area (TPSA) is 120 Å². The highest BCUT2D eigenvalue weighted by Crippen LogP contribution is 2.34. The van der Waals surface area contributed by atoms with E-state index in [9.17, 15) is 26.4 Å². The molecule has 5 rings (SSSR count). The van der Waals surface area contributed by atoms with Gasteiger partial charge in [-0.25, -0.2) is 18.1 Å². The molecule has 0 fully saturated rings. The molecule has 0 bridgehead atoms. The smallest absolute Gasteiger partial charge is 0.383 e. The first-order chi connectivity index (χ1) is 18.4. The van der Waals surface area contributed by atoms with Crippen molar-refractivity contribution in [3.05, 3.63) is 96.3 Å². The number of rotatable bonds is 5. The molecule has 0 aliphatic rings. The minimum Gasteiger partial charge on any atom is -0.383 e. The molecule has 0 aliphatic heterocycles. The van der Waals surface area contributed by atoms with Gasteiger partial charge in [-0.3, -0.25) is 4.79 Å². The Bertz CT molecular complexity index is 1850. The van der Waals surface area contributed by atoms with E-state index in [4.69, 9.17) is 5.73 Å². The largest absolute Gasteiger partial charge is 0.435 e. The monoisotopic (exact) mass is 551 g/mol. The van der Waals surface area contributed by atoms with Crippen LogP contribution >= 0.6 is 0 Å². The van der Waals surface area contributed by atoms with Crippen molar-refractivity contribution < 1.29 is 26.4 Å². The van der Waals surface area contributed by atoms with Gasteiger partial charge in [0.05, 0.1) is 10.6 Å². The molecule has 12 heteroatoms. The van der Waals surface area contributed by atoms with E-state index in [0.29, 0.717) is 10.9 Å². The Balaban J connectivity index is 1.61. The summed E-state index contributed by atoms with van der Waals surface area (Å²) in [6, 6.07) is 19.5. The summed E-state index contributed by atoms with van der Waals surface area (Å²) < 4.78 is 66.6. The number of aromatic nitrogens is 3. The first-order valence-corrected chi connectivity index (χ1v) is 13.3. The lowest BCUT2D eigenvalue weighted by Crippen LogP contribution is -2.16. The molecule has 3 N–H and O–H groups in total. The van der Waals surface area contributed by atoms with Gasteiger partial charge in [0.1, 0.15) is 11.6 Å². The number of hydrogen-bond acceptors (Lipinski definition) is 6. The van der Waals surface area contributed by atoms with Gasteiger partial charge in [-0.1, -0.05) is 42.5 Å². The summed E-state index contributed by atoms with van der Waals surface area (Å²) in [7, 11) is -3.65. The van der Waals surface area contributed by atoms with Crippen molar-refractivity contribution in [2.45, 2.75) is 11.1 Å². The second-order valence-corrected chi connectivity index (χ2v) is 10.7. The van der Waals surface area contributed by atoms with E-state index in [0.717, 1.165) is 22.4 Å². The average molecular weight is 552 g/mol. The van der Waals surface area contributed by atoms with Crippen LogP contribution in [0.5, 0.6) is 0 Å². The third-order valence-electron chi connectivity index (χ3n) is 6.01. The van der Waals surface area contributed by atoms with Crippen molar-refractivity contribution >= 4 is 38.2 Å². The van der Waals surface area contributed by atoms with E-state index >= 15 is 0 Å². The van der Waals surface area contributed by atoms with Crippen LogP contribution in [0.1, 0.15) is 16.1 Å². The summed E-state index contributed by atoms with van der Waals surface area (Å²) >= 11 is 0. The predicted octanol–water partition coefficient (Wildman–Crippen LogP) is 5.34. The van der Waals surface area contributed by atoms with E-state index in [1.165, 1.54) is 24.4 Å². The van der Waals surface area contributed by atoms with Gasteiger partial charge in [0.2, 0.25) is 0 Å². The van der Waals surface area contributed by atoms with E-state index in [2.05, 4.69) is 15.4 Å². The molecule has 0 aliphatic carbocycles. The van der Waals surface area contributed by atoms with Gasteiger partial charge in [-0.15, -0.1) is 0 Å². The fraction of sp³-hybridized carbons (Fsp3) is 0.0741. The molecule has 3 aromatic carbocycles. The van der Waals surface area contributed by atoms with Crippen LogP contribution < -0.4 is 11.1 Å². The Kier molecular flexibility index (Phi) is 6.35. The molecule has 0 spiro atoms. The number of amides is 1. The van der Waals surface area contributed by atoms with Crippen LogP contribution in [0.4, 0.5) is 24.8 Å². The number of hydrogen-bond donors (Lipinski definition) is 2. The van der Waals surface area contributed by atoms with Crippen LogP contribution in [0.15, 0.2) is 90.0 Å². The lowest BCUT2D eigenvalue weighted by Gasteiger charge is -2.14. The fourth-order valence-electron chi connectivity index (χ4n) is 4.23. The Morgan fingerprint density at radius 2 is 1.64 bits per heavy atom. The number of benzene rings is 3. The molecule has 2 heterocycles. The Hall–Kier alpha value is -4.71. The number of nitrogens with zero attached hydrogens (tertiary/aromatic N) is 3. The third kappa shape index (κ3) is 5.06. The van der Waals surface area contributed by atoms with E-state index < -0.39 is 27.6 Å². The maximum atomic E-state index is 13.6. The highest BCUT2D eigenvalue weighted by atomic mass is 32.2. The van der Waals surface area contributed by atoms with Crippen molar-refractivity contribution in [3.63, 3.8) is 0 Å². The van der Waals surface area contributed by atoms with Gasteiger partial charge < -0.3 is 11.1 Å². The fourth-order valence-corrected chi connectivity index (χ4v) is 5.13. The highest BCUT2D eigenvalue weighted by Gasteiger charge is 2.35.